The molecule has 0 unspecified atom stereocenters. The zero-order valence-electron chi connectivity index (χ0n) is 16.8. The molecule has 0 fully saturated rings. The fraction of sp³-hybridized carbons (Fsp3) is 0.0833. The minimum absolute atomic E-state index is 0.228. The van der Waals surface area contributed by atoms with Crippen LogP contribution in [0.3, 0.4) is 0 Å². The van der Waals surface area contributed by atoms with Gasteiger partial charge in [-0.05, 0) is 41.5 Å². The summed E-state index contributed by atoms with van der Waals surface area (Å²) in [6.45, 7) is 3.37. The first-order valence-corrected chi connectivity index (χ1v) is 10.5. The van der Waals surface area contributed by atoms with Gasteiger partial charge in [0.1, 0.15) is 5.75 Å². The summed E-state index contributed by atoms with van der Waals surface area (Å²) in [5.41, 5.74) is 2.44. The third kappa shape index (κ3) is 3.60. The average Bonchev–Trinajstić information content (AvgIpc) is 3.28. The molecule has 2 aromatic heterocycles. The Bertz CT molecular complexity index is 1570. The fourth-order valence-corrected chi connectivity index (χ4v) is 4.30. The lowest BCUT2D eigenvalue weighted by Crippen LogP contribution is -2.23. The van der Waals surface area contributed by atoms with Gasteiger partial charge in [0, 0.05) is 6.92 Å². The predicted molar refractivity (Wildman–Crippen MR) is 121 cm³/mol. The van der Waals surface area contributed by atoms with Crippen molar-refractivity contribution in [1.29, 1.82) is 0 Å². The summed E-state index contributed by atoms with van der Waals surface area (Å²) in [4.78, 5) is 29.5. The highest BCUT2D eigenvalue weighted by atomic mass is 32.1. The number of fused-ring (bicyclic) bond motifs is 2. The van der Waals surface area contributed by atoms with E-state index in [9.17, 15) is 9.59 Å². The van der Waals surface area contributed by atoms with Gasteiger partial charge in [-0.1, -0.05) is 65.4 Å². The van der Waals surface area contributed by atoms with Crippen molar-refractivity contribution in [2.75, 3.05) is 0 Å². The Labute approximate surface area is 181 Å². The van der Waals surface area contributed by atoms with Crippen molar-refractivity contribution in [2.24, 2.45) is 0 Å². The van der Waals surface area contributed by atoms with Gasteiger partial charge in [-0.3, -0.25) is 9.59 Å². The molecule has 31 heavy (non-hydrogen) atoms. The predicted octanol–water partition coefficient (Wildman–Crippen LogP) is 3.75. The van der Waals surface area contributed by atoms with E-state index < -0.39 is 5.97 Å². The number of benzene rings is 3. The molecule has 0 amide bonds. The summed E-state index contributed by atoms with van der Waals surface area (Å²) in [7, 11) is 0. The second-order valence-electron chi connectivity index (χ2n) is 7.25. The minimum atomic E-state index is -0.433. The summed E-state index contributed by atoms with van der Waals surface area (Å²) in [5.74, 6) is 0.271. The third-order valence-electron chi connectivity index (χ3n) is 4.90. The molecule has 2 heterocycles. The van der Waals surface area contributed by atoms with Gasteiger partial charge in [0.2, 0.25) is 4.96 Å². The first-order chi connectivity index (χ1) is 15.0. The van der Waals surface area contributed by atoms with E-state index in [0.717, 1.165) is 21.9 Å². The van der Waals surface area contributed by atoms with Crippen LogP contribution in [0.25, 0.3) is 33.2 Å². The van der Waals surface area contributed by atoms with Crippen molar-refractivity contribution in [3.63, 3.8) is 0 Å². The van der Waals surface area contributed by atoms with E-state index in [-0.39, 0.29) is 5.56 Å². The van der Waals surface area contributed by atoms with Crippen LogP contribution < -0.4 is 14.8 Å². The van der Waals surface area contributed by atoms with Crippen molar-refractivity contribution in [3.05, 3.63) is 86.7 Å². The quantitative estimate of drug-likeness (QED) is 0.324. The number of ether oxygens (including phenoxy) is 1. The Morgan fingerprint density at radius 1 is 1.06 bits per heavy atom. The van der Waals surface area contributed by atoms with Crippen LogP contribution in [-0.4, -0.2) is 20.6 Å². The van der Waals surface area contributed by atoms with Gasteiger partial charge >= 0.3 is 5.97 Å². The smallest absolute Gasteiger partial charge is 0.308 e. The molecular weight excluding hydrogens is 410 g/mol. The highest BCUT2D eigenvalue weighted by Crippen LogP contribution is 2.33. The molecule has 0 aliphatic rings. The molecule has 0 N–H and O–H groups in total. The fourth-order valence-electron chi connectivity index (χ4n) is 3.40. The molecule has 0 spiro atoms. The zero-order valence-corrected chi connectivity index (χ0v) is 17.6. The largest absolute Gasteiger partial charge is 0.426 e. The molecule has 0 aliphatic carbocycles. The molecule has 5 rings (SSSR count). The lowest BCUT2D eigenvalue weighted by Gasteiger charge is -2.08. The van der Waals surface area contributed by atoms with Crippen LogP contribution in [0, 0.1) is 6.92 Å². The maximum atomic E-state index is 12.9. The van der Waals surface area contributed by atoms with Gasteiger partial charge in [0.15, 0.2) is 5.82 Å². The van der Waals surface area contributed by atoms with Crippen LogP contribution in [-0.2, 0) is 4.79 Å². The van der Waals surface area contributed by atoms with E-state index in [0.29, 0.717) is 26.6 Å². The molecule has 7 heteroatoms. The van der Waals surface area contributed by atoms with Crippen LogP contribution in [0.1, 0.15) is 18.1 Å². The molecule has 152 valence electrons. The van der Waals surface area contributed by atoms with Crippen molar-refractivity contribution < 1.29 is 9.53 Å². The number of rotatable bonds is 3. The number of hydrogen-bond acceptors (Lipinski definition) is 6. The molecule has 0 aliphatic heterocycles. The highest BCUT2D eigenvalue weighted by Gasteiger charge is 2.17. The van der Waals surface area contributed by atoms with E-state index in [2.05, 4.69) is 10.1 Å². The van der Waals surface area contributed by atoms with E-state index >= 15 is 0 Å². The Hall–Kier alpha value is -3.84. The summed E-state index contributed by atoms with van der Waals surface area (Å²) >= 11 is 1.28. The molecule has 0 atom stereocenters. The van der Waals surface area contributed by atoms with Gasteiger partial charge in [-0.25, -0.2) is 0 Å². The van der Waals surface area contributed by atoms with Crippen LogP contribution in [0.2, 0.25) is 0 Å². The van der Waals surface area contributed by atoms with Crippen molar-refractivity contribution in [2.45, 2.75) is 13.8 Å². The lowest BCUT2D eigenvalue weighted by molar-refractivity contribution is -0.131. The van der Waals surface area contributed by atoms with E-state index in [1.807, 2.05) is 67.6 Å². The van der Waals surface area contributed by atoms with Gasteiger partial charge < -0.3 is 4.74 Å². The molecule has 0 bridgehead atoms. The topological polar surface area (TPSA) is 73.6 Å². The number of aryl methyl sites for hydroxylation is 1. The van der Waals surface area contributed by atoms with E-state index in [1.54, 1.807) is 6.07 Å². The van der Waals surface area contributed by atoms with Crippen molar-refractivity contribution in [3.8, 4) is 17.1 Å². The first-order valence-electron chi connectivity index (χ1n) is 9.67. The standard InChI is InChI=1S/C24H17N3O3S/c1-14-7-9-16(10-8-14)11-21-23(29)27-24(31-21)25-22(26-27)19-12-17-5-3-4-6-18(17)13-20(19)30-15(2)28/h3-13H,1-2H3. The van der Waals surface area contributed by atoms with E-state index in [1.165, 1.54) is 22.8 Å². The Kier molecular flexibility index (Phi) is 4.60. The lowest BCUT2D eigenvalue weighted by atomic mass is 10.1. The van der Waals surface area contributed by atoms with E-state index in [4.69, 9.17) is 4.74 Å². The number of hydrogen-bond donors (Lipinski definition) is 0. The SMILES string of the molecule is CC(=O)Oc1cc2ccccc2cc1-c1nc2sc(=Cc3ccc(C)cc3)c(=O)n2n1. The Balaban J connectivity index is 1.64. The van der Waals surface area contributed by atoms with Gasteiger partial charge in [0.05, 0.1) is 10.1 Å². The van der Waals surface area contributed by atoms with Gasteiger partial charge in [0.25, 0.3) is 5.56 Å². The van der Waals surface area contributed by atoms with Crippen LogP contribution in [0.15, 0.2) is 65.5 Å². The molecule has 0 radical (unpaired) electrons. The van der Waals surface area contributed by atoms with Crippen molar-refractivity contribution >= 4 is 39.1 Å². The number of thiazole rings is 1. The average molecular weight is 427 g/mol. The normalized spacial score (nSPS) is 12.0. The minimum Gasteiger partial charge on any atom is -0.426 e. The molecule has 5 aromatic rings. The van der Waals surface area contributed by atoms with Crippen LogP contribution in [0.5, 0.6) is 5.75 Å². The van der Waals surface area contributed by atoms with Crippen LogP contribution >= 0.6 is 11.3 Å². The summed E-state index contributed by atoms with van der Waals surface area (Å²) < 4.78 is 7.27. The molecule has 0 saturated carbocycles. The molecular formula is C24H17N3O3S. The highest BCUT2D eigenvalue weighted by molar-refractivity contribution is 7.15. The number of aromatic nitrogens is 3. The van der Waals surface area contributed by atoms with Gasteiger partial charge in [-0.15, -0.1) is 5.10 Å². The first kappa shape index (κ1) is 19.1. The summed E-state index contributed by atoms with van der Waals surface area (Å²) in [6.07, 6.45) is 1.84. The summed E-state index contributed by atoms with van der Waals surface area (Å²) in [6, 6.07) is 19.3. The number of esters is 1. The summed E-state index contributed by atoms with van der Waals surface area (Å²) in [5, 5.41) is 6.32. The monoisotopic (exact) mass is 427 g/mol. The maximum absolute atomic E-state index is 12.9. The Morgan fingerprint density at radius 3 is 2.45 bits per heavy atom. The Morgan fingerprint density at radius 2 is 1.77 bits per heavy atom. The third-order valence-corrected chi connectivity index (χ3v) is 5.86. The van der Waals surface area contributed by atoms with Crippen molar-refractivity contribution in [1.82, 2.24) is 14.6 Å². The zero-order chi connectivity index (χ0) is 21.5. The number of carbonyl (C=O) groups is 1. The molecule has 6 nitrogen and oxygen atoms in total. The van der Waals surface area contributed by atoms with Gasteiger partial charge in [-0.2, -0.15) is 9.50 Å². The molecule has 3 aromatic carbocycles. The maximum Gasteiger partial charge on any atom is 0.308 e. The number of carbonyl (C=O) groups excluding carboxylic acids is 1. The molecule has 0 saturated heterocycles. The number of nitrogens with zero attached hydrogens (tertiary/aromatic N) is 3. The second-order valence-corrected chi connectivity index (χ2v) is 8.25. The second kappa shape index (κ2) is 7.45. The van der Waals surface area contributed by atoms with Crippen LogP contribution in [0.4, 0.5) is 0 Å².